The van der Waals surface area contributed by atoms with E-state index < -0.39 is 5.97 Å². The summed E-state index contributed by atoms with van der Waals surface area (Å²) in [6.45, 7) is 1.74. The first-order chi connectivity index (χ1) is 14.1. The van der Waals surface area contributed by atoms with Crippen LogP contribution in [0.25, 0.3) is 17.0 Å². The number of aliphatic carboxylic acids is 1. The van der Waals surface area contributed by atoms with Crippen molar-refractivity contribution in [1.29, 1.82) is 0 Å². The number of furan rings is 1. The maximum atomic E-state index is 11.1. The van der Waals surface area contributed by atoms with E-state index in [-0.39, 0.29) is 13.0 Å². The zero-order valence-corrected chi connectivity index (χ0v) is 16.6. The number of halogens is 1. The zero-order chi connectivity index (χ0) is 20.2. The number of rotatable bonds is 6. The van der Waals surface area contributed by atoms with Gasteiger partial charge in [-0.3, -0.25) is 4.79 Å². The maximum Gasteiger partial charge on any atom is 0.307 e. The smallest absolute Gasteiger partial charge is 0.307 e. The van der Waals surface area contributed by atoms with Crippen LogP contribution in [0.3, 0.4) is 0 Å². The highest BCUT2D eigenvalue weighted by Gasteiger charge is 2.14. The Labute approximate surface area is 173 Å². The predicted octanol–water partition coefficient (Wildman–Crippen LogP) is 5.49. The second kappa shape index (κ2) is 8.72. The average Bonchev–Trinajstić information content (AvgIpc) is 3.10. The number of carboxylic acids is 1. The van der Waals surface area contributed by atoms with Gasteiger partial charge in [-0.15, -0.1) is 0 Å². The largest absolute Gasteiger partial charge is 0.488 e. The van der Waals surface area contributed by atoms with Gasteiger partial charge in [-0.1, -0.05) is 41.4 Å². The molecule has 1 aliphatic rings. The summed E-state index contributed by atoms with van der Waals surface area (Å²) in [7, 11) is 0. The second-order valence-electron chi connectivity index (χ2n) is 7.01. The summed E-state index contributed by atoms with van der Waals surface area (Å²) < 4.78 is 17.2. The molecule has 6 heteroatoms. The van der Waals surface area contributed by atoms with E-state index in [0.29, 0.717) is 16.3 Å². The van der Waals surface area contributed by atoms with Crippen molar-refractivity contribution in [3.8, 4) is 5.75 Å². The normalized spacial score (nSPS) is 14.2. The van der Waals surface area contributed by atoms with E-state index in [1.165, 1.54) is 5.57 Å². The van der Waals surface area contributed by atoms with Crippen LogP contribution in [0.1, 0.15) is 29.5 Å². The van der Waals surface area contributed by atoms with E-state index in [1.54, 1.807) is 24.5 Å². The molecule has 0 aliphatic carbocycles. The number of carboxylic acid groups (broad SMARTS) is 1. The standard InChI is InChI=1S/C23H21ClO5/c24-19-10-17(9-15-5-7-27-8-6-15)23-20(12-19)18(14-29-23)13-28-21-4-2-1-3-16(21)11-22(25)26/h1-4,9-10,12,14H,5-8,11,13H2,(H,25,26). The minimum absolute atomic E-state index is 0.0877. The highest BCUT2D eigenvalue weighted by Crippen LogP contribution is 2.32. The Morgan fingerprint density at radius 1 is 1.17 bits per heavy atom. The molecule has 2 heterocycles. The van der Waals surface area contributed by atoms with Gasteiger partial charge in [0.15, 0.2) is 0 Å². The summed E-state index contributed by atoms with van der Waals surface area (Å²) in [4.78, 5) is 11.1. The third-order valence-electron chi connectivity index (χ3n) is 4.94. The van der Waals surface area contributed by atoms with Crippen molar-refractivity contribution in [3.63, 3.8) is 0 Å². The van der Waals surface area contributed by atoms with E-state index in [9.17, 15) is 4.79 Å². The lowest BCUT2D eigenvalue weighted by Gasteiger charge is -2.14. The number of carbonyl (C=O) groups is 1. The monoisotopic (exact) mass is 412 g/mol. The van der Waals surface area contributed by atoms with Crippen LogP contribution in [-0.2, 0) is 22.6 Å². The molecule has 1 aromatic heterocycles. The topological polar surface area (TPSA) is 68.9 Å². The van der Waals surface area contributed by atoms with Gasteiger partial charge in [0, 0.05) is 27.1 Å². The van der Waals surface area contributed by atoms with E-state index in [0.717, 1.165) is 48.2 Å². The van der Waals surface area contributed by atoms with Crippen molar-refractivity contribution < 1.29 is 23.8 Å². The fourth-order valence-electron chi connectivity index (χ4n) is 3.50. The summed E-state index contributed by atoms with van der Waals surface area (Å²) in [5.74, 6) is -0.344. The molecular weight excluding hydrogens is 392 g/mol. The van der Waals surface area contributed by atoms with E-state index in [1.807, 2.05) is 18.2 Å². The molecule has 29 heavy (non-hydrogen) atoms. The Bertz CT molecular complexity index is 1060. The number of fused-ring (bicyclic) bond motifs is 1. The van der Waals surface area contributed by atoms with Crippen LogP contribution in [0.4, 0.5) is 0 Å². The van der Waals surface area contributed by atoms with Crippen molar-refractivity contribution in [2.75, 3.05) is 13.2 Å². The Morgan fingerprint density at radius 2 is 1.97 bits per heavy atom. The molecule has 0 unspecified atom stereocenters. The highest BCUT2D eigenvalue weighted by atomic mass is 35.5. The Kier molecular flexibility index (Phi) is 5.88. The number of ether oxygens (including phenoxy) is 2. The molecule has 150 valence electrons. The summed E-state index contributed by atoms with van der Waals surface area (Å²) in [5, 5.41) is 10.6. The SMILES string of the molecule is O=C(O)Cc1ccccc1OCc1coc2c(C=C3CCOCC3)cc(Cl)cc12. The van der Waals surface area contributed by atoms with Crippen LogP contribution in [0.2, 0.25) is 5.02 Å². The van der Waals surface area contributed by atoms with Gasteiger partial charge in [-0.05, 0) is 31.0 Å². The van der Waals surface area contributed by atoms with Gasteiger partial charge in [-0.25, -0.2) is 0 Å². The van der Waals surface area contributed by atoms with Gasteiger partial charge in [0.2, 0.25) is 0 Å². The molecule has 1 saturated heterocycles. The minimum atomic E-state index is -0.896. The molecule has 2 aromatic carbocycles. The Morgan fingerprint density at radius 3 is 2.76 bits per heavy atom. The summed E-state index contributed by atoms with van der Waals surface area (Å²) in [5.41, 5.74) is 4.53. The van der Waals surface area contributed by atoms with Crippen LogP contribution in [0.15, 0.2) is 52.7 Å². The summed E-state index contributed by atoms with van der Waals surface area (Å²) in [6, 6.07) is 10.9. The van der Waals surface area contributed by atoms with E-state index in [2.05, 4.69) is 6.08 Å². The lowest BCUT2D eigenvalue weighted by atomic mass is 10.0. The fourth-order valence-corrected chi connectivity index (χ4v) is 3.73. The van der Waals surface area contributed by atoms with Crippen LogP contribution < -0.4 is 4.74 Å². The average molecular weight is 413 g/mol. The van der Waals surface area contributed by atoms with E-state index >= 15 is 0 Å². The number of para-hydroxylation sites is 1. The molecule has 0 radical (unpaired) electrons. The zero-order valence-electron chi connectivity index (χ0n) is 15.8. The number of benzene rings is 2. The molecule has 1 fully saturated rings. The van der Waals surface area contributed by atoms with Crippen molar-refractivity contribution in [3.05, 3.63) is 69.9 Å². The third kappa shape index (κ3) is 4.63. The quantitative estimate of drug-likeness (QED) is 0.580. The first-order valence-corrected chi connectivity index (χ1v) is 9.87. The summed E-state index contributed by atoms with van der Waals surface area (Å²) in [6.07, 6.45) is 5.53. The van der Waals surface area contributed by atoms with Crippen LogP contribution in [0.5, 0.6) is 5.75 Å². The van der Waals surface area contributed by atoms with Gasteiger partial charge >= 0.3 is 5.97 Å². The highest BCUT2D eigenvalue weighted by molar-refractivity contribution is 6.31. The number of hydrogen-bond acceptors (Lipinski definition) is 4. The van der Waals surface area contributed by atoms with Crippen LogP contribution >= 0.6 is 11.6 Å². The molecule has 4 rings (SSSR count). The first kappa shape index (κ1) is 19.6. The molecule has 0 atom stereocenters. The molecule has 1 N–H and O–H groups in total. The Hall–Kier alpha value is -2.76. The van der Waals surface area contributed by atoms with Crippen molar-refractivity contribution in [2.24, 2.45) is 0 Å². The molecule has 5 nitrogen and oxygen atoms in total. The molecule has 1 aliphatic heterocycles. The Balaban J connectivity index is 1.60. The first-order valence-electron chi connectivity index (χ1n) is 9.49. The number of hydrogen-bond donors (Lipinski definition) is 1. The third-order valence-corrected chi connectivity index (χ3v) is 5.16. The predicted molar refractivity (Wildman–Crippen MR) is 111 cm³/mol. The van der Waals surface area contributed by atoms with Gasteiger partial charge < -0.3 is 19.0 Å². The second-order valence-corrected chi connectivity index (χ2v) is 7.45. The summed E-state index contributed by atoms with van der Waals surface area (Å²) >= 11 is 6.37. The van der Waals surface area contributed by atoms with E-state index in [4.69, 9.17) is 30.6 Å². The van der Waals surface area contributed by atoms with Crippen molar-refractivity contribution in [1.82, 2.24) is 0 Å². The molecule has 3 aromatic rings. The molecule has 0 spiro atoms. The van der Waals surface area contributed by atoms with Gasteiger partial charge in [0.05, 0.1) is 25.9 Å². The van der Waals surface area contributed by atoms with Gasteiger partial charge in [-0.2, -0.15) is 0 Å². The lowest BCUT2D eigenvalue weighted by Crippen LogP contribution is -2.06. The lowest BCUT2D eigenvalue weighted by molar-refractivity contribution is -0.136. The minimum Gasteiger partial charge on any atom is -0.488 e. The maximum absolute atomic E-state index is 11.1. The van der Waals surface area contributed by atoms with Crippen molar-refractivity contribution >= 4 is 34.6 Å². The molecule has 0 saturated carbocycles. The fraction of sp³-hybridized carbons (Fsp3) is 0.261. The van der Waals surface area contributed by atoms with Crippen LogP contribution in [-0.4, -0.2) is 24.3 Å². The van der Waals surface area contributed by atoms with Gasteiger partial charge in [0.1, 0.15) is 17.9 Å². The van der Waals surface area contributed by atoms with Gasteiger partial charge in [0.25, 0.3) is 0 Å². The van der Waals surface area contributed by atoms with Crippen molar-refractivity contribution in [2.45, 2.75) is 25.9 Å². The molecular formula is C23H21ClO5. The van der Waals surface area contributed by atoms with Crippen LogP contribution in [0, 0.1) is 0 Å². The molecule has 0 bridgehead atoms. The molecule has 0 amide bonds.